The van der Waals surface area contributed by atoms with Crippen LogP contribution in [0.2, 0.25) is 0 Å². The molecule has 0 spiro atoms. The first-order valence-corrected chi connectivity index (χ1v) is 6.67. The lowest BCUT2D eigenvalue weighted by atomic mass is 10.1. The van der Waals surface area contributed by atoms with E-state index in [1.54, 1.807) is 18.2 Å². The molecule has 0 saturated heterocycles. The van der Waals surface area contributed by atoms with Gasteiger partial charge in [0.2, 0.25) is 0 Å². The second-order valence-corrected chi connectivity index (χ2v) is 5.14. The number of carbonyl (C=O) groups excluding carboxylic acids is 1. The second-order valence-electron chi connectivity index (χ2n) is 4.23. The molecule has 0 bridgehead atoms. The third kappa shape index (κ3) is 3.22. The summed E-state index contributed by atoms with van der Waals surface area (Å²) in [5, 5.41) is 12.1. The molecule has 0 aliphatic carbocycles. The molecule has 2 N–H and O–H groups in total. The lowest BCUT2D eigenvalue weighted by Gasteiger charge is -2.11. The zero-order valence-electron chi connectivity index (χ0n) is 10.5. The Bertz CT molecular complexity index is 611. The van der Waals surface area contributed by atoms with Gasteiger partial charge in [0.05, 0.1) is 6.61 Å². The normalized spacial score (nSPS) is 10.3. The van der Waals surface area contributed by atoms with Gasteiger partial charge in [0.25, 0.3) is 5.91 Å². The lowest BCUT2D eigenvalue weighted by Crippen LogP contribution is -2.14. The highest BCUT2D eigenvalue weighted by molar-refractivity contribution is 9.10. The molecule has 0 saturated carbocycles. The van der Waals surface area contributed by atoms with Crippen LogP contribution in [-0.2, 0) is 6.61 Å². The van der Waals surface area contributed by atoms with E-state index in [2.05, 4.69) is 21.2 Å². The number of aliphatic hydroxyl groups is 1. The van der Waals surface area contributed by atoms with Gasteiger partial charge in [-0.25, -0.2) is 0 Å². The van der Waals surface area contributed by atoms with Gasteiger partial charge in [0.15, 0.2) is 0 Å². The first-order chi connectivity index (χ1) is 9.11. The lowest BCUT2D eigenvalue weighted by molar-refractivity contribution is 0.102. The standard InChI is InChI=1S/C15H14BrNO2/c1-10-8-12(16)6-7-13(10)15(19)17-14-5-3-2-4-11(14)9-18/h2-8,18H,9H2,1H3,(H,17,19). The van der Waals surface area contributed by atoms with E-state index >= 15 is 0 Å². The van der Waals surface area contributed by atoms with Gasteiger partial charge >= 0.3 is 0 Å². The van der Waals surface area contributed by atoms with Crippen molar-refractivity contribution in [2.24, 2.45) is 0 Å². The molecule has 4 heteroatoms. The SMILES string of the molecule is Cc1cc(Br)ccc1C(=O)Nc1ccccc1CO. The van der Waals surface area contributed by atoms with Crippen LogP contribution in [0, 0.1) is 6.92 Å². The molecule has 0 atom stereocenters. The minimum atomic E-state index is -0.175. The molecular formula is C15H14BrNO2. The number of hydrogen-bond donors (Lipinski definition) is 2. The van der Waals surface area contributed by atoms with E-state index < -0.39 is 0 Å². The highest BCUT2D eigenvalue weighted by atomic mass is 79.9. The molecule has 2 aromatic carbocycles. The molecule has 3 nitrogen and oxygen atoms in total. The number of para-hydroxylation sites is 1. The number of hydrogen-bond acceptors (Lipinski definition) is 2. The number of rotatable bonds is 3. The van der Waals surface area contributed by atoms with Crippen LogP contribution in [0.1, 0.15) is 21.5 Å². The molecule has 0 radical (unpaired) electrons. The van der Waals surface area contributed by atoms with Crippen LogP contribution >= 0.6 is 15.9 Å². The van der Waals surface area contributed by atoms with Crippen molar-refractivity contribution in [2.75, 3.05) is 5.32 Å². The Labute approximate surface area is 120 Å². The van der Waals surface area contributed by atoms with Crippen LogP contribution in [-0.4, -0.2) is 11.0 Å². The van der Waals surface area contributed by atoms with E-state index in [0.717, 1.165) is 10.0 Å². The van der Waals surface area contributed by atoms with Crippen molar-refractivity contribution in [3.63, 3.8) is 0 Å². The number of carbonyl (C=O) groups is 1. The summed E-state index contributed by atoms with van der Waals surface area (Å²) in [5.74, 6) is -0.175. The van der Waals surface area contributed by atoms with Crippen LogP contribution in [0.4, 0.5) is 5.69 Å². The fourth-order valence-electron chi connectivity index (χ4n) is 1.85. The van der Waals surface area contributed by atoms with E-state index in [-0.39, 0.29) is 12.5 Å². The zero-order valence-corrected chi connectivity index (χ0v) is 12.1. The molecule has 98 valence electrons. The molecule has 0 aliphatic heterocycles. The molecule has 0 fully saturated rings. The molecule has 2 rings (SSSR count). The maximum Gasteiger partial charge on any atom is 0.255 e. The number of aliphatic hydroxyl groups excluding tert-OH is 1. The van der Waals surface area contributed by atoms with Crippen molar-refractivity contribution in [3.05, 3.63) is 63.6 Å². The molecular weight excluding hydrogens is 306 g/mol. The summed E-state index contributed by atoms with van der Waals surface area (Å²) in [6, 6.07) is 12.7. The van der Waals surface area contributed by atoms with Crippen molar-refractivity contribution in [2.45, 2.75) is 13.5 Å². The molecule has 2 aromatic rings. The van der Waals surface area contributed by atoms with Crippen LogP contribution in [0.5, 0.6) is 0 Å². The van der Waals surface area contributed by atoms with E-state index in [9.17, 15) is 9.90 Å². The van der Waals surface area contributed by atoms with Gasteiger partial charge in [0.1, 0.15) is 0 Å². The fraction of sp³-hybridized carbons (Fsp3) is 0.133. The smallest absolute Gasteiger partial charge is 0.255 e. The molecule has 1 amide bonds. The van der Waals surface area contributed by atoms with Crippen LogP contribution in [0.15, 0.2) is 46.9 Å². The number of amides is 1. The molecule has 0 aliphatic rings. The maximum absolute atomic E-state index is 12.2. The monoisotopic (exact) mass is 319 g/mol. The highest BCUT2D eigenvalue weighted by Crippen LogP contribution is 2.19. The minimum absolute atomic E-state index is 0.101. The Morgan fingerprint density at radius 3 is 2.68 bits per heavy atom. The van der Waals surface area contributed by atoms with Gasteiger partial charge in [-0.05, 0) is 36.8 Å². The van der Waals surface area contributed by atoms with Crippen molar-refractivity contribution >= 4 is 27.5 Å². The first kappa shape index (κ1) is 13.8. The van der Waals surface area contributed by atoms with E-state index in [1.165, 1.54) is 0 Å². The Morgan fingerprint density at radius 1 is 1.26 bits per heavy atom. The van der Waals surface area contributed by atoms with Gasteiger partial charge in [-0.15, -0.1) is 0 Å². The third-order valence-electron chi connectivity index (χ3n) is 2.87. The number of halogens is 1. The summed E-state index contributed by atoms with van der Waals surface area (Å²) in [6.45, 7) is 1.79. The Morgan fingerprint density at radius 2 is 2.00 bits per heavy atom. The number of aryl methyl sites for hydroxylation is 1. The zero-order chi connectivity index (χ0) is 13.8. The van der Waals surface area contributed by atoms with Crippen LogP contribution in [0.25, 0.3) is 0 Å². The van der Waals surface area contributed by atoms with Gasteiger partial charge < -0.3 is 10.4 Å². The van der Waals surface area contributed by atoms with Gasteiger partial charge in [-0.1, -0.05) is 34.1 Å². The Kier molecular flexibility index (Phi) is 4.35. The van der Waals surface area contributed by atoms with Crippen LogP contribution < -0.4 is 5.32 Å². The number of nitrogens with one attached hydrogen (secondary N) is 1. The molecule has 0 unspecified atom stereocenters. The Hall–Kier alpha value is -1.65. The minimum Gasteiger partial charge on any atom is -0.392 e. The second kappa shape index (κ2) is 5.99. The largest absolute Gasteiger partial charge is 0.392 e. The summed E-state index contributed by atoms with van der Waals surface area (Å²) < 4.78 is 0.942. The van der Waals surface area contributed by atoms with Crippen molar-refractivity contribution in [3.8, 4) is 0 Å². The van der Waals surface area contributed by atoms with Gasteiger partial charge in [-0.3, -0.25) is 4.79 Å². The first-order valence-electron chi connectivity index (χ1n) is 5.88. The average Bonchev–Trinajstić information content (AvgIpc) is 2.39. The summed E-state index contributed by atoms with van der Waals surface area (Å²) in [5.41, 5.74) is 2.85. The summed E-state index contributed by atoms with van der Waals surface area (Å²) in [6.07, 6.45) is 0. The summed E-state index contributed by atoms with van der Waals surface area (Å²) in [7, 11) is 0. The van der Waals surface area contributed by atoms with Gasteiger partial charge in [0, 0.05) is 21.3 Å². The van der Waals surface area contributed by atoms with Crippen molar-refractivity contribution < 1.29 is 9.90 Å². The molecule has 19 heavy (non-hydrogen) atoms. The summed E-state index contributed by atoms with van der Waals surface area (Å²) in [4.78, 5) is 12.2. The quantitative estimate of drug-likeness (QED) is 0.909. The van der Waals surface area contributed by atoms with Crippen molar-refractivity contribution in [1.82, 2.24) is 0 Å². The van der Waals surface area contributed by atoms with E-state index in [0.29, 0.717) is 16.8 Å². The third-order valence-corrected chi connectivity index (χ3v) is 3.36. The molecule has 0 aromatic heterocycles. The number of anilines is 1. The predicted octanol–water partition coefficient (Wildman–Crippen LogP) is 3.50. The summed E-state index contributed by atoms with van der Waals surface area (Å²) >= 11 is 3.37. The van der Waals surface area contributed by atoms with Crippen molar-refractivity contribution in [1.29, 1.82) is 0 Å². The Balaban J connectivity index is 2.26. The number of benzene rings is 2. The van der Waals surface area contributed by atoms with E-state index in [4.69, 9.17) is 0 Å². The average molecular weight is 320 g/mol. The molecule has 0 heterocycles. The van der Waals surface area contributed by atoms with Crippen LogP contribution in [0.3, 0.4) is 0 Å². The van der Waals surface area contributed by atoms with Gasteiger partial charge in [-0.2, -0.15) is 0 Å². The topological polar surface area (TPSA) is 49.3 Å². The fourth-order valence-corrected chi connectivity index (χ4v) is 2.33. The predicted molar refractivity (Wildman–Crippen MR) is 79.2 cm³/mol. The van der Waals surface area contributed by atoms with E-state index in [1.807, 2.05) is 31.2 Å². The highest BCUT2D eigenvalue weighted by Gasteiger charge is 2.11. The maximum atomic E-state index is 12.2.